The first-order chi connectivity index (χ1) is 12.5. The largest absolute Gasteiger partial charge is 0.298 e. The van der Waals surface area contributed by atoms with Gasteiger partial charge >= 0.3 is 0 Å². The third-order valence-corrected chi connectivity index (χ3v) is 5.88. The van der Waals surface area contributed by atoms with E-state index in [2.05, 4.69) is 17.2 Å². The van der Waals surface area contributed by atoms with Gasteiger partial charge in [-0.15, -0.1) is 11.3 Å². The Morgan fingerprint density at radius 2 is 1.85 bits per heavy atom. The van der Waals surface area contributed by atoms with E-state index in [1.807, 2.05) is 0 Å². The van der Waals surface area contributed by atoms with Gasteiger partial charge in [0.25, 0.3) is 5.91 Å². The molecule has 2 heterocycles. The molecule has 1 fully saturated rings. The molecule has 0 spiro atoms. The molecule has 2 aromatic rings. The topological polar surface area (TPSA) is 79.4 Å². The van der Waals surface area contributed by atoms with Crippen LogP contribution in [0.4, 0.5) is 10.8 Å². The van der Waals surface area contributed by atoms with Gasteiger partial charge in [0.1, 0.15) is 0 Å². The molecule has 1 aliphatic heterocycles. The summed E-state index contributed by atoms with van der Waals surface area (Å²) in [6.07, 6.45) is 3.62. The number of aromatic nitrogens is 1. The number of amides is 3. The van der Waals surface area contributed by atoms with Crippen molar-refractivity contribution in [3.63, 3.8) is 0 Å². The maximum absolute atomic E-state index is 12.5. The molecule has 134 valence electrons. The molecular weight excluding hydrogens is 350 g/mol. The minimum absolute atomic E-state index is 0.199. The van der Waals surface area contributed by atoms with Gasteiger partial charge in [0, 0.05) is 23.3 Å². The van der Waals surface area contributed by atoms with E-state index in [4.69, 9.17) is 0 Å². The van der Waals surface area contributed by atoms with Gasteiger partial charge in [0.15, 0.2) is 5.13 Å². The normalized spacial score (nSPS) is 19.6. The number of thiazole rings is 1. The molecule has 7 heteroatoms. The molecule has 2 aliphatic rings. The van der Waals surface area contributed by atoms with Gasteiger partial charge in [-0.25, -0.2) is 4.98 Å². The summed E-state index contributed by atoms with van der Waals surface area (Å²) in [5, 5.41) is 3.49. The zero-order valence-electron chi connectivity index (χ0n) is 14.4. The molecule has 26 heavy (non-hydrogen) atoms. The van der Waals surface area contributed by atoms with Crippen LogP contribution in [0.15, 0.2) is 24.3 Å². The summed E-state index contributed by atoms with van der Waals surface area (Å²) in [7, 11) is 0. The number of anilines is 2. The Kier molecular flexibility index (Phi) is 4.32. The quantitative estimate of drug-likeness (QED) is 0.843. The summed E-state index contributed by atoms with van der Waals surface area (Å²) in [4.78, 5) is 43.0. The molecule has 1 saturated heterocycles. The summed E-state index contributed by atoms with van der Waals surface area (Å²) in [6, 6.07) is 6.51. The molecule has 6 nitrogen and oxygen atoms in total. The Morgan fingerprint density at radius 1 is 1.15 bits per heavy atom. The van der Waals surface area contributed by atoms with Crippen molar-refractivity contribution in [3.05, 3.63) is 40.4 Å². The minimum atomic E-state index is -0.241. The number of carbonyl (C=O) groups excluding carboxylic acids is 3. The van der Waals surface area contributed by atoms with Crippen molar-refractivity contribution in [2.75, 3.05) is 10.2 Å². The highest BCUT2D eigenvalue weighted by molar-refractivity contribution is 7.15. The number of rotatable bonds is 3. The number of nitrogens with zero attached hydrogens (tertiary/aromatic N) is 2. The molecule has 0 unspecified atom stereocenters. The Hall–Kier alpha value is -2.54. The van der Waals surface area contributed by atoms with E-state index in [-0.39, 0.29) is 30.6 Å². The molecule has 1 aliphatic carbocycles. The predicted molar refractivity (Wildman–Crippen MR) is 99.4 cm³/mol. The number of benzene rings is 1. The van der Waals surface area contributed by atoms with Crippen LogP contribution >= 0.6 is 11.3 Å². The number of carbonyl (C=O) groups is 3. The monoisotopic (exact) mass is 369 g/mol. The molecule has 0 bridgehead atoms. The van der Waals surface area contributed by atoms with Crippen molar-refractivity contribution in [1.82, 2.24) is 4.98 Å². The van der Waals surface area contributed by atoms with Gasteiger partial charge < -0.3 is 0 Å². The first kappa shape index (κ1) is 16.9. The van der Waals surface area contributed by atoms with Gasteiger partial charge in [-0.1, -0.05) is 6.92 Å². The predicted octanol–water partition coefficient (Wildman–Crippen LogP) is 3.17. The molecule has 0 saturated carbocycles. The lowest BCUT2D eigenvalue weighted by atomic mass is 9.93. The Bertz CT molecular complexity index is 872. The fourth-order valence-electron chi connectivity index (χ4n) is 3.39. The molecule has 0 radical (unpaired) electrons. The number of hydrogen-bond donors (Lipinski definition) is 1. The number of nitrogens with one attached hydrogen (secondary N) is 1. The second kappa shape index (κ2) is 6.64. The van der Waals surface area contributed by atoms with E-state index < -0.39 is 0 Å². The Morgan fingerprint density at radius 3 is 2.54 bits per heavy atom. The van der Waals surface area contributed by atoms with E-state index in [1.54, 1.807) is 35.6 Å². The standard InChI is InChI=1S/C19H19N3O3S/c1-11-2-7-14-15(10-11)26-19(20-14)21-18(25)12-3-5-13(6-4-12)22-16(23)8-9-17(22)24/h3-6,11H,2,7-10H2,1H3,(H,20,21,25)/t11-/m1/s1. The summed E-state index contributed by atoms with van der Waals surface area (Å²) < 4.78 is 0. The maximum atomic E-state index is 12.5. The zero-order valence-corrected chi connectivity index (χ0v) is 15.3. The third-order valence-electron chi connectivity index (χ3n) is 4.85. The van der Waals surface area contributed by atoms with E-state index in [9.17, 15) is 14.4 Å². The second-order valence-corrected chi connectivity index (χ2v) is 7.94. The average molecular weight is 369 g/mol. The average Bonchev–Trinajstić information content (AvgIpc) is 3.17. The van der Waals surface area contributed by atoms with Crippen LogP contribution in [0, 0.1) is 5.92 Å². The smallest absolute Gasteiger partial charge is 0.257 e. The first-order valence-corrected chi connectivity index (χ1v) is 9.58. The number of hydrogen-bond acceptors (Lipinski definition) is 5. The van der Waals surface area contributed by atoms with Crippen LogP contribution in [0.5, 0.6) is 0 Å². The Balaban J connectivity index is 1.47. The lowest BCUT2D eigenvalue weighted by molar-refractivity contribution is -0.121. The van der Waals surface area contributed by atoms with Crippen LogP contribution < -0.4 is 10.2 Å². The summed E-state index contributed by atoms with van der Waals surface area (Å²) in [6.45, 7) is 2.23. The van der Waals surface area contributed by atoms with Gasteiger partial charge in [-0.05, 0) is 49.4 Å². The first-order valence-electron chi connectivity index (χ1n) is 8.77. The molecule has 1 N–H and O–H groups in total. The van der Waals surface area contributed by atoms with E-state index in [0.717, 1.165) is 25.0 Å². The van der Waals surface area contributed by atoms with Gasteiger partial charge in [-0.3, -0.25) is 24.6 Å². The van der Waals surface area contributed by atoms with E-state index in [1.165, 1.54) is 9.78 Å². The van der Waals surface area contributed by atoms with Crippen LogP contribution in [0.1, 0.15) is 47.1 Å². The van der Waals surface area contributed by atoms with Crippen LogP contribution in [0.2, 0.25) is 0 Å². The number of fused-ring (bicyclic) bond motifs is 1. The maximum Gasteiger partial charge on any atom is 0.257 e. The van der Waals surface area contributed by atoms with Crippen molar-refractivity contribution < 1.29 is 14.4 Å². The highest BCUT2D eigenvalue weighted by Gasteiger charge is 2.30. The molecule has 4 rings (SSSR count). The third kappa shape index (κ3) is 3.14. The van der Waals surface area contributed by atoms with Gasteiger partial charge in [0.2, 0.25) is 11.8 Å². The Labute approximate surface area is 155 Å². The van der Waals surface area contributed by atoms with Crippen molar-refractivity contribution in [2.45, 2.75) is 39.0 Å². The molecule has 1 aromatic heterocycles. The molecule has 1 aromatic carbocycles. The van der Waals surface area contributed by atoms with E-state index >= 15 is 0 Å². The lowest BCUT2D eigenvalue weighted by Crippen LogP contribution is -2.28. The summed E-state index contributed by atoms with van der Waals surface area (Å²) in [5.74, 6) is 0.0226. The van der Waals surface area contributed by atoms with E-state index in [0.29, 0.717) is 22.3 Å². The van der Waals surface area contributed by atoms with Crippen molar-refractivity contribution >= 4 is 39.9 Å². The zero-order chi connectivity index (χ0) is 18.3. The highest BCUT2D eigenvalue weighted by Crippen LogP contribution is 2.32. The fourth-order valence-corrected chi connectivity index (χ4v) is 4.56. The van der Waals surface area contributed by atoms with Crippen molar-refractivity contribution in [1.29, 1.82) is 0 Å². The van der Waals surface area contributed by atoms with Crippen LogP contribution in [0.3, 0.4) is 0 Å². The second-order valence-electron chi connectivity index (χ2n) is 6.86. The van der Waals surface area contributed by atoms with Crippen molar-refractivity contribution in [2.24, 2.45) is 5.92 Å². The molecule has 1 atom stereocenters. The highest BCUT2D eigenvalue weighted by atomic mass is 32.1. The SMILES string of the molecule is C[C@@H]1CCc2nc(NC(=O)c3ccc(N4C(=O)CCC4=O)cc3)sc2C1. The van der Waals surface area contributed by atoms with Crippen LogP contribution in [-0.4, -0.2) is 22.7 Å². The summed E-state index contributed by atoms with van der Waals surface area (Å²) >= 11 is 1.55. The van der Waals surface area contributed by atoms with Gasteiger partial charge in [-0.2, -0.15) is 0 Å². The number of aryl methyl sites for hydroxylation is 1. The van der Waals surface area contributed by atoms with Crippen LogP contribution in [0.25, 0.3) is 0 Å². The fraction of sp³-hybridized carbons (Fsp3) is 0.368. The van der Waals surface area contributed by atoms with Crippen LogP contribution in [-0.2, 0) is 22.4 Å². The lowest BCUT2D eigenvalue weighted by Gasteiger charge is -2.15. The van der Waals surface area contributed by atoms with Gasteiger partial charge in [0.05, 0.1) is 11.4 Å². The van der Waals surface area contributed by atoms with Crippen molar-refractivity contribution in [3.8, 4) is 0 Å². The summed E-state index contributed by atoms with van der Waals surface area (Å²) in [5.41, 5.74) is 2.08. The molecular formula is C19H19N3O3S. The molecule has 3 amide bonds. The minimum Gasteiger partial charge on any atom is -0.298 e. The number of imide groups is 1.